The molecule has 0 N–H and O–H groups in total. The molecule has 0 spiro atoms. The van der Waals surface area contributed by atoms with Crippen molar-refractivity contribution in [3.63, 3.8) is 0 Å². The molecule has 1 aliphatic carbocycles. The molecule has 5 nitrogen and oxygen atoms in total. The minimum atomic E-state index is -3.04. The quantitative estimate of drug-likeness (QED) is 0.699. The van der Waals surface area contributed by atoms with Gasteiger partial charge < -0.3 is 9.64 Å². The molecule has 0 radical (unpaired) electrons. The van der Waals surface area contributed by atoms with Gasteiger partial charge in [0.15, 0.2) is 16.4 Å². The summed E-state index contributed by atoms with van der Waals surface area (Å²) in [4.78, 5) is 14.9. The van der Waals surface area contributed by atoms with Gasteiger partial charge in [-0.2, -0.15) is 0 Å². The first-order valence-corrected chi connectivity index (χ1v) is 12.5. The second kappa shape index (κ2) is 8.80. The van der Waals surface area contributed by atoms with E-state index in [1.54, 1.807) is 0 Å². The molecule has 1 saturated carbocycles. The van der Waals surface area contributed by atoms with Crippen molar-refractivity contribution in [2.75, 3.05) is 18.1 Å². The summed E-state index contributed by atoms with van der Waals surface area (Å²) in [5.74, 6) is 0.798. The van der Waals surface area contributed by atoms with Gasteiger partial charge in [0.25, 0.3) is 5.91 Å². The molecule has 1 aliphatic heterocycles. The molecule has 0 bridgehead atoms. The van der Waals surface area contributed by atoms with Crippen molar-refractivity contribution in [1.82, 2.24) is 4.90 Å². The van der Waals surface area contributed by atoms with Crippen LogP contribution in [0.1, 0.15) is 37.7 Å². The summed E-state index contributed by atoms with van der Waals surface area (Å²) in [7, 11) is -3.04. The monoisotopic (exact) mass is 427 g/mol. The number of carbonyl (C=O) groups is 1. The third kappa shape index (κ3) is 4.86. The van der Waals surface area contributed by atoms with Gasteiger partial charge in [0.1, 0.15) is 5.75 Å². The number of sulfone groups is 1. The van der Waals surface area contributed by atoms with Crippen molar-refractivity contribution < 1.29 is 17.9 Å². The van der Waals surface area contributed by atoms with Crippen LogP contribution in [-0.4, -0.2) is 49.4 Å². The lowest BCUT2D eigenvalue weighted by molar-refractivity contribution is -0.137. The second-order valence-electron chi connectivity index (χ2n) is 8.48. The van der Waals surface area contributed by atoms with Crippen LogP contribution in [0.15, 0.2) is 48.5 Å². The van der Waals surface area contributed by atoms with Gasteiger partial charge in [-0.3, -0.25) is 4.79 Å². The van der Waals surface area contributed by atoms with Crippen molar-refractivity contribution >= 4 is 15.7 Å². The molecule has 30 heavy (non-hydrogen) atoms. The van der Waals surface area contributed by atoms with E-state index in [2.05, 4.69) is 31.2 Å². The number of hydrogen-bond donors (Lipinski definition) is 0. The number of aryl methyl sites for hydroxylation is 1. The maximum Gasteiger partial charge on any atom is 0.261 e. The SMILES string of the molecule is Cc1ccc(-c2ccc(OCC(=O)N(C3CCCC3)C3CCS(=O)(=O)C3)cc2)cc1. The van der Waals surface area contributed by atoms with E-state index in [-0.39, 0.29) is 36.1 Å². The lowest BCUT2D eigenvalue weighted by Gasteiger charge is -2.34. The Morgan fingerprint density at radius 3 is 2.10 bits per heavy atom. The summed E-state index contributed by atoms with van der Waals surface area (Å²) in [6.07, 6.45) is 4.63. The highest BCUT2D eigenvalue weighted by Crippen LogP contribution is 2.29. The van der Waals surface area contributed by atoms with Crippen LogP contribution < -0.4 is 4.74 Å². The molecule has 160 valence electrons. The third-order valence-corrected chi connectivity index (χ3v) is 7.96. The van der Waals surface area contributed by atoms with E-state index >= 15 is 0 Å². The van der Waals surface area contributed by atoms with Gasteiger partial charge in [0, 0.05) is 12.1 Å². The van der Waals surface area contributed by atoms with Crippen LogP contribution in [0.5, 0.6) is 5.75 Å². The molecule has 2 fully saturated rings. The highest BCUT2D eigenvalue weighted by Gasteiger charge is 2.39. The molecule has 1 saturated heterocycles. The normalized spacial score (nSPS) is 20.9. The van der Waals surface area contributed by atoms with Gasteiger partial charge in [0.2, 0.25) is 0 Å². The minimum Gasteiger partial charge on any atom is -0.484 e. The lowest BCUT2D eigenvalue weighted by atomic mass is 10.0. The van der Waals surface area contributed by atoms with Gasteiger partial charge in [-0.15, -0.1) is 0 Å². The fraction of sp³-hybridized carbons (Fsp3) is 0.458. The zero-order valence-corrected chi connectivity index (χ0v) is 18.2. The van der Waals surface area contributed by atoms with Crippen LogP contribution in [0.3, 0.4) is 0 Å². The lowest BCUT2D eigenvalue weighted by Crippen LogP contribution is -2.48. The highest BCUT2D eigenvalue weighted by molar-refractivity contribution is 7.91. The van der Waals surface area contributed by atoms with Gasteiger partial charge in [-0.05, 0) is 49.4 Å². The van der Waals surface area contributed by atoms with Crippen LogP contribution >= 0.6 is 0 Å². The summed E-state index contributed by atoms with van der Waals surface area (Å²) in [5.41, 5.74) is 3.45. The molecule has 2 aromatic carbocycles. The van der Waals surface area contributed by atoms with Crippen molar-refractivity contribution in [3.8, 4) is 16.9 Å². The predicted octanol–water partition coefficient (Wildman–Crippen LogP) is 4.00. The molecule has 2 aliphatic rings. The maximum atomic E-state index is 13.0. The molecule has 1 heterocycles. The molecular weight excluding hydrogens is 398 g/mol. The minimum absolute atomic E-state index is 0.0586. The summed E-state index contributed by atoms with van der Waals surface area (Å²) in [5, 5.41) is 0. The van der Waals surface area contributed by atoms with Crippen molar-refractivity contribution in [1.29, 1.82) is 0 Å². The molecule has 1 amide bonds. The first kappa shape index (κ1) is 20.9. The van der Waals surface area contributed by atoms with Crippen molar-refractivity contribution in [2.24, 2.45) is 0 Å². The Balaban J connectivity index is 1.41. The number of benzene rings is 2. The topological polar surface area (TPSA) is 63.7 Å². The number of carbonyl (C=O) groups excluding carboxylic acids is 1. The largest absolute Gasteiger partial charge is 0.484 e. The summed E-state index contributed by atoms with van der Waals surface area (Å²) in [6, 6.07) is 16.0. The zero-order valence-electron chi connectivity index (χ0n) is 17.4. The Labute approximate surface area is 179 Å². The van der Waals surface area contributed by atoms with E-state index in [1.807, 2.05) is 29.2 Å². The number of ether oxygens (including phenoxy) is 1. The number of hydrogen-bond acceptors (Lipinski definition) is 4. The number of amides is 1. The van der Waals surface area contributed by atoms with E-state index in [0.717, 1.165) is 36.8 Å². The summed E-state index contributed by atoms with van der Waals surface area (Å²) >= 11 is 0. The highest BCUT2D eigenvalue weighted by atomic mass is 32.2. The number of nitrogens with zero attached hydrogens (tertiary/aromatic N) is 1. The maximum absolute atomic E-state index is 13.0. The predicted molar refractivity (Wildman–Crippen MR) is 118 cm³/mol. The first-order chi connectivity index (χ1) is 14.4. The van der Waals surface area contributed by atoms with E-state index in [4.69, 9.17) is 4.74 Å². The van der Waals surface area contributed by atoms with E-state index in [0.29, 0.717) is 12.2 Å². The Morgan fingerprint density at radius 1 is 0.933 bits per heavy atom. The van der Waals surface area contributed by atoms with Gasteiger partial charge in [-0.1, -0.05) is 54.8 Å². The molecule has 6 heteroatoms. The fourth-order valence-electron chi connectivity index (χ4n) is 4.59. The van der Waals surface area contributed by atoms with Crippen molar-refractivity contribution in [2.45, 2.75) is 51.1 Å². The van der Waals surface area contributed by atoms with Crippen LogP contribution in [0.2, 0.25) is 0 Å². The van der Waals surface area contributed by atoms with E-state index in [1.165, 1.54) is 5.56 Å². The Kier molecular flexibility index (Phi) is 6.14. The Morgan fingerprint density at radius 2 is 1.53 bits per heavy atom. The van der Waals surface area contributed by atoms with Crippen molar-refractivity contribution in [3.05, 3.63) is 54.1 Å². The summed E-state index contributed by atoms with van der Waals surface area (Å²) in [6.45, 7) is 2.00. The molecule has 1 unspecified atom stereocenters. The molecule has 2 aromatic rings. The Bertz CT molecular complexity index is 977. The standard InChI is InChI=1S/C24H29NO4S/c1-18-6-8-19(9-7-18)20-10-12-23(13-11-20)29-16-24(26)25(21-4-2-3-5-21)22-14-15-30(27,28)17-22/h6-13,21-22H,2-5,14-17H2,1H3. The van der Waals surface area contributed by atoms with E-state index < -0.39 is 9.84 Å². The summed E-state index contributed by atoms with van der Waals surface area (Å²) < 4.78 is 29.7. The second-order valence-corrected chi connectivity index (χ2v) is 10.7. The van der Waals surface area contributed by atoms with Gasteiger partial charge in [-0.25, -0.2) is 8.42 Å². The van der Waals surface area contributed by atoms with Crippen LogP contribution in [-0.2, 0) is 14.6 Å². The van der Waals surface area contributed by atoms with Gasteiger partial charge in [0.05, 0.1) is 11.5 Å². The first-order valence-electron chi connectivity index (χ1n) is 10.7. The smallest absolute Gasteiger partial charge is 0.261 e. The Hall–Kier alpha value is -2.34. The number of rotatable bonds is 6. The van der Waals surface area contributed by atoms with Crippen LogP contribution in [0.25, 0.3) is 11.1 Å². The zero-order chi connectivity index (χ0) is 21.1. The fourth-order valence-corrected chi connectivity index (χ4v) is 6.30. The molecular formula is C24H29NO4S. The average molecular weight is 428 g/mol. The van der Waals surface area contributed by atoms with E-state index in [9.17, 15) is 13.2 Å². The van der Waals surface area contributed by atoms with Crippen LogP contribution in [0, 0.1) is 6.92 Å². The molecule has 4 rings (SSSR count). The average Bonchev–Trinajstić information content (AvgIpc) is 3.38. The molecule has 1 atom stereocenters. The van der Waals surface area contributed by atoms with Crippen LogP contribution in [0.4, 0.5) is 0 Å². The third-order valence-electron chi connectivity index (χ3n) is 6.21. The molecule has 0 aromatic heterocycles. The van der Waals surface area contributed by atoms with Gasteiger partial charge >= 0.3 is 0 Å².